The molecule has 8 heteroatoms. The Morgan fingerprint density at radius 2 is 1.93 bits per heavy atom. The van der Waals surface area contributed by atoms with Gasteiger partial charge >= 0.3 is 5.97 Å². The molecule has 0 aromatic heterocycles. The van der Waals surface area contributed by atoms with E-state index in [0.29, 0.717) is 22.0 Å². The first kappa shape index (κ1) is 20.5. The van der Waals surface area contributed by atoms with E-state index in [1.807, 2.05) is 0 Å². The highest BCUT2D eigenvalue weighted by Crippen LogP contribution is 2.31. The first-order valence-electron chi connectivity index (χ1n) is 8.97. The molecular formula is C21H19ClN2O5. The molecule has 1 N–H and O–H groups in total. The quantitative estimate of drug-likeness (QED) is 0.579. The Morgan fingerprint density at radius 3 is 2.66 bits per heavy atom. The van der Waals surface area contributed by atoms with Crippen molar-refractivity contribution in [1.82, 2.24) is 0 Å². The van der Waals surface area contributed by atoms with Gasteiger partial charge in [0.1, 0.15) is 0 Å². The Bertz CT molecular complexity index is 975. The number of Topliss-reactive ketones (excluding diaryl/α,β-unsaturated/α-hetero) is 1. The second-order valence-electron chi connectivity index (χ2n) is 6.65. The number of rotatable bonds is 6. The molecule has 1 atom stereocenters. The first-order valence-corrected chi connectivity index (χ1v) is 9.35. The van der Waals surface area contributed by atoms with Crippen LogP contribution in [0.5, 0.6) is 0 Å². The number of esters is 1. The van der Waals surface area contributed by atoms with E-state index in [4.69, 9.17) is 16.3 Å². The summed E-state index contributed by atoms with van der Waals surface area (Å²) < 4.78 is 5.07. The van der Waals surface area contributed by atoms with E-state index in [2.05, 4.69) is 5.32 Å². The number of ketones is 1. The number of halogens is 1. The number of nitrogens with one attached hydrogen (secondary N) is 1. The van der Waals surface area contributed by atoms with Crippen molar-refractivity contribution in [3.63, 3.8) is 0 Å². The zero-order valence-corrected chi connectivity index (χ0v) is 16.4. The van der Waals surface area contributed by atoms with Gasteiger partial charge in [-0.3, -0.25) is 19.2 Å². The molecule has 0 aliphatic carbocycles. The molecule has 0 radical (unpaired) electrons. The smallest absolute Gasteiger partial charge is 0.311 e. The number of carbonyl (C=O) groups is 4. The topological polar surface area (TPSA) is 92.8 Å². The molecular weight excluding hydrogens is 396 g/mol. The Hall–Kier alpha value is -3.19. The van der Waals surface area contributed by atoms with Gasteiger partial charge in [-0.25, -0.2) is 0 Å². The van der Waals surface area contributed by atoms with Crippen molar-refractivity contribution in [2.75, 3.05) is 23.4 Å². The molecule has 29 heavy (non-hydrogen) atoms. The van der Waals surface area contributed by atoms with Crippen LogP contribution in [-0.2, 0) is 19.1 Å². The maximum Gasteiger partial charge on any atom is 0.311 e. The zero-order valence-electron chi connectivity index (χ0n) is 15.7. The minimum Gasteiger partial charge on any atom is -0.455 e. The fourth-order valence-corrected chi connectivity index (χ4v) is 3.27. The van der Waals surface area contributed by atoms with Crippen LogP contribution in [0.4, 0.5) is 11.4 Å². The monoisotopic (exact) mass is 414 g/mol. The summed E-state index contributed by atoms with van der Waals surface area (Å²) >= 11 is 6.12. The van der Waals surface area contributed by atoms with Crippen LogP contribution in [0.25, 0.3) is 0 Å². The molecule has 1 saturated heterocycles. The number of amides is 2. The average molecular weight is 415 g/mol. The van der Waals surface area contributed by atoms with Gasteiger partial charge in [-0.15, -0.1) is 0 Å². The lowest BCUT2D eigenvalue weighted by Gasteiger charge is -2.17. The number of hydrogen-bond donors (Lipinski definition) is 1. The van der Waals surface area contributed by atoms with Gasteiger partial charge in [-0.05, 0) is 31.2 Å². The van der Waals surface area contributed by atoms with Gasteiger partial charge < -0.3 is 15.0 Å². The molecule has 1 fully saturated rings. The molecule has 1 heterocycles. The van der Waals surface area contributed by atoms with Gasteiger partial charge in [-0.2, -0.15) is 0 Å². The SMILES string of the molecule is CC(=O)c1cccc(NC(=O)COC(=O)[C@@H]2CC(=O)N(c3ccccc3Cl)C2)c1. The second-order valence-corrected chi connectivity index (χ2v) is 7.06. The number of ether oxygens (including phenoxy) is 1. The highest BCUT2D eigenvalue weighted by molar-refractivity contribution is 6.33. The predicted octanol–water partition coefficient (Wildman–Crippen LogP) is 3.08. The third-order valence-electron chi connectivity index (χ3n) is 4.50. The minimum atomic E-state index is -0.674. The lowest BCUT2D eigenvalue weighted by Crippen LogP contribution is -2.28. The van der Waals surface area contributed by atoms with E-state index in [0.717, 1.165) is 0 Å². The van der Waals surface area contributed by atoms with Gasteiger partial charge in [0, 0.05) is 24.2 Å². The van der Waals surface area contributed by atoms with Crippen LogP contribution in [0.15, 0.2) is 48.5 Å². The Labute approximate surface area is 172 Å². The van der Waals surface area contributed by atoms with Crippen molar-refractivity contribution in [2.45, 2.75) is 13.3 Å². The lowest BCUT2D eigenvalue weighted by molar-refractivity contribution is -0.151. The first-order chi connectivity index (χ1) is 13.8. The van der Waals surface area contributed by atoms with E-state index < -0.39 is 24.4 Å². The average Bonchev–Trinajstić information content (AvgIpc) is 3.08. The Balaban J connectivity index is 1.54. The third kappa shape index (κ3) is 5.00. The van der Waals surface area contributed by atoms with Crippen molar-refractivity contribution >= 4 is 46.5 Å². The normalized spacial score (nSPS) is 15.9. The summed E-state index contributed by atoms with van der Waals surface area (Å²) in [6, 6.07) is 13.3. The van der Waals surface area contributed by atoms with Gasteiger partial charge in [-0.1, -0.05) is 35.9 Å². The standard InChI is InChI=1S/C21H19ClN2O5/c1-13(25)14-5-4-6-16(9-14)23-19(26)12-29-21(28)15-10-20(27)24(11-15)18-8-3-2-7-17(18)22/h2-9,15H,10-12H2,1H3,(H,23,26)/t15-/m1/s1. The second kappa shape index (κ2) is 8.87. The van der Waals surface area contributed by atoms with Crippen LogP contribution in [0.2, 0.25) is 5.02 Å². The van der Waals surface area contributed by atoms with E-state index in [9.17, 15) is 19.2 Å². The fraction of sp³-hybridized carbons (Fsp3) is 0.238. The van der Waals surface area contributed by atoms with Crippen molar-refractivity contribution in [2.24, 2.45) is 5.92 Å². The van der Waals surface area contributed by atoms with Crippen LogP contribution in [0, 0.1) is 5.92 Å². The molecule has 0 spiro atoms. The van der Waals surface area contributed by atoms with Crippen molar-refractivity contribution in [3.05, 3.63) is 59.1 Å². The number of benzene rings is 2. The summed E-state index contributed by atoms with van der Waals surface area (Å²) in [6.45, 7) is 1.08. The number of nitrogens with zero attached hydrogens (tertiary/aromatic N) is 1. The molecule has 0 saturated carbocycles. The highest BCUT2D eigenvalue weighted by Gasteiger charge is 2.37. The maximum atomic E-state index is 12.3. The van der Waals surface area contributed by atoms with Crippen molar-refractivity contribution in [1.29, 1.82) is 0 Å². The molecule has 2 amide bonds. The maximum absolute atomic E-state index is 12.3. The van der Waals surface area contributed by atoms with Gasteiger partial charge in [0.25, 0.3) is 5.91 Å². The Morgan fingerprint density at radius 1 is 1.17 bits per heavy atom. The third-order valence-corrected chi connectivity index (χ3v) is 4.82. The molecule has 2 aromatic carbocycles. The van der Waals surface area contributed by atoms with Crippen LogP contribution in [-0.4, -0.2) is 36.7 Å². The van der Waals surface area contributed by atoms with Gasteiger partial charge in [0.15, 0.2) is 12.4 Å². The van der Waals surface area contributed by atoms with Crippen LogP contribution >= 0.6 is 11.6 Å². The molecule has 0 bridgehead atoms. The molecule has 3 rings (SSSR count). The van der Waals surface area contributed by atoms with Crippen molar-refractivity contribution < 1.29 is 23.9 Å². The summed E-state index contributed by atoms with van der Waals surface area (Å²) in [5.74, 6) is -2.19. The molecule has 1 aliphatic rings. The number of hydrogen-bond acceptors (Lipinski definition) is 5. The van der Waals surface area contributed by atoms with Crippen molar-refractivity contribution in [3.8, 4) is 0 Å². The molecule has 0 unspecified atom stereocenters. The van der Waals surface area contributed by atoms with Crippen LogP contribution in [0.3, 0.4) is 0 Å². The molecule has 150 valence electrons. The predicted molar refractivity (Wildman–Crippen MR) is 108 cm³/mol. The number of carbonyl (C=O) groups excluding carboxylic acids is 4. The number of para-hydroxylation sites is 1. The van der Waals surface area contributed by atoms with E-state index in [-0.39, 0.29) is 24.7 Å². The summed E-state index contributed by atoms with van der Waals surface area (Å²) in [6.07, 6.45) is -0.00761. The largest absolute Gasteiger partial charge is 0.455 e. The lowest BCUT2D eigenvalue weighted by atomic mass is 10.1. The summed E-state index contributed by atoms with van der Waals surface area (Å²) in [4.78, 5) is 49.4. The number of anilines is 2. The van der Waals surface area contributed by atoms with Crippen LogP contribution in [0.1, 0.15) is 23.7 Å². The van der Waals surface area contributed by atoms with E-state index in [1.165, 1.54) is 11.8 Å². The Kier molecular flexibility index (Phi) is 6.29. The molecule has 1 aliphatic heterocycles. The summed E-state index contributed by atoms with van der Waals surface area (Å²) in [5.41, 5.74) is 1.43. The van der Waals surface area contributed by atoms with Gasteiger partial charge in [0.2, 0.25) is 5.91 Å². The fourth-order valence-electron chi connectivity index (χ4n) is 3.04. The van der Waals surface area contributed by atoms with E-state index >= 15 is 0 Å². The summed E-state index contributed by atoms with van der Waals surface area (Å²) in [5, 5.41) is 2.99. The highest BCUT2D eigenvalue weighted by atomic mass is 35.5. The zero-order chi connectivity index (χ0) is 21.0. The minimum absolute atomic E-state index is 0.00761. The van der Waals surface area contributed by atoms with E-state index in [1.54, 1.807) is 48.5 Å². The molecule has 2 aromatic rings. The van der Waals surface area contributed by atoms with Gasteiger partial charge in [0.05, 0.1) is 16.6 Å². The van der Waals surface area contributed by atoms with Crippen LogP contribution < -0.4 is 10.2 Å². The summed E-state index contributed by atoms with van der Waals surface area (Å²) in [7, 11) is 0. The molecule has 7 nitrogen and oxygen atoms in total.